The SMILES string of the molecule is Cc1nn(-c2ccccc2)c(C)c1C(=O)OCC(=O)N(C1CCCCC1)C1CCS(=O)(=O)C1. The summed E-state index contributed by atoms with van der Waals surface area (Å²) in [6, 6.07) is 9.16. The van der Waals surface area contributed by atoms with E-state index in [9.17, 15) is 18.0 Å². The van der Waals surface area contributed by atoms with Crippen molar-refractivity contribution in [1.82, 2.24) is 14.7 Å². The van der Waals surface area contributed by atoms with Crippen molar-refractivity contribution >= 4 is 21.7 Å². The van der Waals surface area contributed by atoms with Crippen LogP contribution < -0.4 is 0 Å². The molecule has 0 radical (unpaired) electrons. The summed E-state index contributed by atoms with van der Waals surface area (Å²) in [5.74, 6) is -0.817. The summed E-state index contributed by atoms with van der Waals surface area (Å²) in [5.41, 5.74) is 2.35. The van der Waals surface area contributed by atoms with E-state index in [-0.39, 0.29) is 29.5 Å². The summed E-state index contributed by atoms with van der Waals surface area (Å²) in [7, 11) is -3.13. The first kappa shape index (κ1) is 23.5. The normalized spacial score (nSPS) is 20.5. The molecule has 1 aliphatic heterocycles. The molecule has 0 spiro atoms. The van der Waals surface area contributed by atoms with Gasteiger partial charge in [0.05, 0.1) is 28.6 Å². The van der Waals surface area contributed by atoms with Crippen LogP contribution in [-0.2, 0) is 19.4 Å². The molecule has 1 saturated carbocycles. The van der Waals surface area contributed by atoms with E-state index in [0.717, 1.165) is 37.8 Å². The Kier molecular flexibility index (Phi) is 6.88. The van der Waals surface area contributed by atoms with Gasteiger partial charge in [0, 0.05) is 12.1 Å². The minimum atomic E-state index is -3.13. The molecule has 1 saturated heterocycles. The topological polar surface area (TPSA) is 98.6 Å². The average molecular weight is 474 g/mol. The van der Waals surface area contributed by atoms with Crippen molar-refractivity contribution in [3.05, 3.63) is 47.3 Å². The van der Waals surface area contributed by atoms with E-state index in [1.54, 1.807) is 23.4 Å². The maximum Gasteiger partial charge on any atom is 0.342 e. The second-order valence-corrected chi connectivity index (χ2v) is 11.2. The number of benzene rings is 1. The standard InChI is InChI=1S/C24H31N3O5S/c1-17-23(18(2)27(25-17)20-11-7-4-8-12-20)24(29)32-15-22(28)26(19-9-5-3-6-10-19)21-13-14-33(30,31)16-21/h4,7-8,11-12,19,21H,3,5-6,9-10,13-16H2,1-2H3. The van der Waals surface area contributed by atoms with E-state index in [0.29, 0.717) is 23.4 Å². The van der Waals surface area contributed by atoms with Gasteiger partial charge in [-0.25, -0.2) is 17.9 Å². The van der Waals surface area contributed by atoms with E-state index < -0.39 is 22.4 Å². The third kappa shape index (κ3) is 5.13. The number of nitrogens with zero attached hydrogens (tertiary/aromatic N) is 3. The molecule has 1 atom stereocenters. The Balaban J connectivity index is 1.48. The van der Waals surface area contributed by atoms with Gasteiger partial charge in [0.1, 0.15) is 5.56 Å². The number of hydrogen-bond donors (Lipinski definition) is 0. The Labute approximate surface area is 194 Å². The van der Waals surface area contributed by atoms with Gasteiger partial charge in [-0.3, -0.25) is 4.79 Å². The zero-order valence-corrected chi connectivity index (χ0v) is 20.0. The van der Waals surface area contributed by atoms with Gasteiger partial charge in [-0.2, -0.15) is 5.10 Å². The molecule has 1 aliphatic carbocycles. The smallest absolute Gasteiger partial charge is 0.342 e. The molecule has 2 aliphatic rings. The number of sulfone groups is 1. The molecule has 4 rings (SSSR count). The van der Waals surface area contributed by atoms with Crippen LogP contribution in [0.25, 0.3) is 5.69 Å². The molecular formula is C24H31N3O5S. The molecule has 2 heterocycles. The molecule has 1 unspecified atom stereocenters. The number of carbonyl (C=O) groups is 2. The Morgan fingerprint density at radius 3 is 2.39 bits per heavy atom. The van der Waals surface area contributed by atoms with Gasteiger partial charge in [-0.15, -0.1) is 0 Å². The van der Waals surface area contributed by atoms with Crippen molar-refractivity contribution in [3.63, 3.8) is 0 Å². The molecule has 2 aromatic rings. The average Bonchev–Trinajstić information content (AvgIpc) is 3.31. The second-order valence-electron chi connectivity index (χ2n) is 9.02. The highest BCUT2D eigenvalue weighted by Crippen LogP contribution is 2.28. The van der Waals surface area contributed by atoms with Crippen LogP contribution in [-0.4, -0.2) is 65.2 Å². The fourth-order valence-corrected chi connectivity index (χ4v) is 6.80. The lowest BCUT2D eigenvalue weighted by molar-refractivity contribution is -0.140. The van der Waals surface area contributed by atoms with Crippen LogP contribution in [0.5, 0.6) is 0 Å². The highest BCUT2D eigenvalue weighted by atomic mass is 32.2. The van der Waals surface area contributed by atoms with Gasteiger partial charge < -0.3 is 9.64 Å². The van der Waals surface area contributed by atoms with Crippen molar-refractivity contribution in [2.24, 2.45) is 0 Å². The quantitative estimate of drug-likeness (QED) is 0.598. The molecule has 1 amide bonds. The second kappa shape index (κ2) is 9.67. The monoisotopic (exact) mass is 473 g/mol. The molecule has 0 bridgehead atoms. The lowest BCUT2D eigenvalue weighted by Gasteiger charge is -2.38. The molecule has 1 aromatic heterocycles. The van der Waals surface area contributed by atoms with Crippen molar-refractivity contribution in [2.45, 2.75) is 64.5 Å². The summed E-state index contributed by atoms with van der Waals surface area (Å²) < 4.78 is 31.3. The van der Waals surface area contributed by atoms with Crippen molar-refractivity contribution in [3.8, 4) is 5.69 Å². The minimum Gasteiger partial charge on any atom is -0.452 e. The Hall–Kier alpha value is -2.68. The molecule has 1 aromatic carbocycles. The minimum absolute atomic E-state index is 0.00700. The van der Waals surface area contributed by atoms with E-state index in [2.05, 4.69) is 5.10 Å². The van der Waals surface area contributed by atoms with Gasteiger partial charge in [-0.05, 0) is 45.2 Å². The van der Waals surface area contributed by atoms with Crippen LogP contribution in [0.4, 0.5) is 0 Å². The van der Waals surface area contributed by atoms with E-state index in [1.807, 2.05) is 30.3 Å². The van der Waals surface area contributed by atoms with Crippen molar-refractivity contribution in [2.75, 3.05) is 18.1 Å². The Morgan fingerprint density at radius 1 is 1.06 bits per heavy atom. The first-order valence-corrected chi connectivity index (χ1v) is 13.4. The Bertz CT molecular complexity index is 1120. The number of esters is 1. The summed E-state index contributed by atoms with van der Waals surface area (Å²) in [5, 5.41) is 4.47. The fraction of sp³-hybridized carbons (Fsp3) is 0.542. The van der Waals surface area contributed by atoms with Crippen LogP contribution in [0.2, 0.25) is 0 Å². The first-order valence-electron chi connectivity index (χ1n) is 11.6. The van der Waals surface area contributed by atoms with E-state index in [1.165, 1.54) is 0 Å². The molecule has 8 nitrogen and oxygen atoms in total. The molecule has 9 heteroatoms. The fourth-order valence-electron chi connectivity index (χ4n) is 5.09. The van der Waals surface area contributed by atoms with Gasteiger partial charge in [-0.1, -0.05) is 37.5 Å². The predicted octanol–water partition coefficient (Wildman–Crippen LogP) is 2.99. The van der Waals surface area contributed by atoms with Crippen LogP contribution in [0, 0.1) is 13.8 Å². The molecule has 33 heavy (non-hydrogen) atoms. The van der Waals surface area contributed by atoms with Crippen molar-refractivity contribution in [1.29, 1.82) is 0 Å². The Morgan fingerprint density at radius 2 is 1.76 bits per heavy atom. The number of amides is 1. The zero-order valence-electron chi connectivity index (χ0n) is 19.2. The first-order chi connectivity index (χ1) is 15.8. The maximum atomic E-state index is 13.2. The number of ether oxygens (including phenoxy) is 1. The van der Waals surface area contributed by atoms with Crippen LogP contribution in [0.1, 0.15) is 60.3 Å². The number of para-hydroxylation sites is 1. The highest BCUT2D eigenvalue weighted by molar-refractivity contribution is 7.91. The van der Waals surface area contributed by atoms with Crippen LogP contribution in [0.15, 0.2) is 30.3 Å². The lowest BCUT2D eigenvalue weighted by Crippen LogP contribution is -2.50. The summed E-state index contributed by atoms with van der Waals surface area (Å²) in [4.78, 5) is 27.8. The van der Waals surface area contributed by atoms with Gasteiger partial charge >= 0.3 is 5.97 Å². The molecule has 0 N–H and O–H groups in total. The number of aryl methyl sites for hydroxylation is 1. The van der Waals surface area contributed by atoms with Gasteiger partial charge in [0.2, 0.25) is 0 Å². The highest BCUT2D eigenvalue weighted by Gasteiger charge is 2.39. The number of carbonyl (C=O) groups excluding carboxylic acids is 2. The summed E-state index contributed by atoms with van der Waals surface area (Å²) in [6.45, 7) is 3.13. The summed E-state index contributed by atoms with van der Waals surface area (Å²) >= 11 is 0. The van der Waals surface area contributed by atoms with Gasteiger partial charge in [0.15, 0.2) is 16.4 Å². The maximum absolute atomic E-state index is 13.2. The summed E-state index contributed by atoms with van der Waals surface area (Å²) in [6.07, 6.45) is 5.33. The number of rotatable bonds is 6. The third-order valence-electron chi connectivity index (χ3n) is 6.68. The third-order valence-corrected chi connectivity index (χ3v) is 8.43. The zero-order chi connectivity index (χ0) is 23.6. The molecule has 2 fully saturated rings. The van der Waals surface area contributed by atoms with Gasteiger partial charge in [0.25, 0.3) is 5.91 Å². The number of hydrogen-bond acceptors (Lipinski definition) is 6. The number of aromatic nitrogens is 2. The van der Waals surface area contributed by atoms with Crippen LogP contribution in [0.3, 0.4) is 0 Å². The van der Waals surface area contributed by atoms with E-state index >= 15 is 0 Å². The van der Waals surface area contributed by atoms with Crippen molar-refractivity contribution < 1.29 is 22.7 Å². The van der Waals surface area contributed by atoms with E-state index in [4.69, 9.17) is 4.74 Å². The molecular weight excluding hydrogens is 442 g/mol. The predicted molar refractivity (Wildman–Crippen MR) is 124 cm³/mol. The lowest BCUT2D eigenvalue weighted by atomic mass is 9.93. The largest absolute Gasteiger partial charge is 0.452 e. The molecule has 178 valence electrons. The van der Waals surface area contributed by atoms with Crippen LogP contribution >= 0.6 is 0 Å².